The molecule has 0 radical (unpaired) electrons. The van der Waals surface area contributed by atoms with E-state index in [2.05, 4.69) is 20.6 Å². The minimum Gasteiger partial charge on any atom is -0.482 e. The van der Waals surface area contributed by atoms with Crippen molar-refractivity contribution in [3.8, 4) is 5.75 Å². The molecule has 2 N–H and O–H groups in total. The first-order valence-corrected chi connectivity index (χ1v) is 8.53. The summed E-state index contributed by atoms with van der Waals surface area (Å²) in [5, 5.41) is 6.65. The zero-order chi connectivity index (χ0) is 20.5. The van der Waals surface area contributed by atoms with Crippen LogP contribution in [0.15, 0.2) is 47.6 Å². The molecule has 0 spiro atoms. The first-order valence-electron chi connectivity index (χ1n) is 7.78. The minimum absolute atomic E-state index is 0.200. The fourth-order valence-electron chi connectivity index (χ4n) is 1.83. The van der Waals surface area contributed by atoms with E-state index >= 15 is 0 Å². The summed E-state index contributed by atoms with van der Waals surface area (Å²) in [6.45, 7) is -0.200. The van der Waals surface area contributed by atoms with Crippen LogP contribution in [0.4, 0.5) is 5.69 Å². The molecule has 2 amide bonds. The molecule has 0 saturated carbocycles. The highest BCUT2D eigenvalue weighted by molar-refractivity contribution is 6.42. The predicted octanol–water partition coefficient (Wildman–Crippen LogP) is 2.63. The Bertz CT molecular complexity index is 901. The number of methoxy groups -OCH3 is 1. The van der Waals surface area contributed by atoms with E-state index in [0.717, 1.165) is 0 Å². The molecule has 0 aliphatic heterocycles. The Balaban J connectivity index is 1.84. The number of benzene rings is 2. The minimum atomic E-state index is -0.958. The van der Waals surface area contributed by atoms with Crippen LogP contribution in [-0.4, -0.2) is 37.7 Å². The van der Waals surface area contributed by atoms with Crippen LogP contribution in [0, 0.1) is 0 Å². The molecule has 2 aromatic carbocycles. The van der Waals surface area contributed by atoms with E-state index in [1.807, 2.05) is 0 Å². The quantitative estimate of drug-likeness (QED) is 0.321. The summed E-state index contributed by atoms with van der Waals surface area (Å²) in [6, 6.07) is 10.9. The SMILES string of the molecule is COC(=O)COc1ccc(/C=N\NC(=O)C(=O)Nc2ccc(Cl)c(Cl)c2)cc1. The van der Waals surface area contributed by atoms with Gasteiger partial charge in [-0.1, -0.05) is 23.2 Å². The van der Waals surface area contributed by atoms with Crippen LogP contribution in [0.3, 0.4) is 0 Å². The van der Waals surface area contributed by atoms with E-state index in [0.29, 0.717) is 22.0 Å². The van der Waals surface area contributed by atoms with Crippen LogP contribution in [0.25, 0.3) is 0 Å². The number of hydrogen-bond acceptors (Lipinski definition) is 6. The molecule has 2 rings (SSSR count). The number of anilines is 1. The van der Waals surface area contributed by atoms with Gasteiger partial charge in [-0.25, -0.2) is 10.2 Å². The number of carbonyl (C=O) groups is 3. The normalized spacial score (nSPS) is 10.4. The van der Waals surface area contributed by atoms with Crippen LogP contribution in [0.2, 0.25) is 10.0 Å². The summed E-state index contributed by atoms with van der Waals surface area (Å²) in [5.41, 5.74) is 3.06. The number of rotatable bonds is 6. The highest BCUT2D eigenvalue weighted by Crippen LogP contribution is 2.24. The molecule has 8 nitrogen and oxygen atoms in total. The van der Waals surface area contributed by atoms with Crippen molar-refractivity contribution < 1.29 is 23.9 Å². The van der Waals surface area contributed by atoms with Gasteiger partial charge in [-0.15, -0.1) is 0 Å². The van der Waals surface area contributed by atoms with Crippen LogP contribution in [0.1, 0.15) is 5.56 Å². The Morgan fingerprint density at radius 3 is 2.39 bits per heavy atom. The van der Waals surface area contributed by atoms with Gasteiger partial charge in [0.1, 0.15) is 5.75 Å². The smallest absolute Gasteiger partial charge is 0.343 e. The Morgan fingerprint density at radius 1 is 1.04 bits per heavy atom. The highest BCUT2D eigenvalue weighted by Gasteiger charge is 2.13. The van der Waals surface area contributed by atoms with Gasteiger partial charge in [0, 0.05) is 5.69 Å². The standard InChI is InChI=1S/C18H15Cl2N3O5/c1-27-16(24)10-28-13-5-2-11(3-6-13)9-21-23-18(26)17(25)22-12-4-7-14(19)15(20)8-12/h2-9H,10H2,1H3,(H,22,25)(H,23,26)/b21-9-. The summed E-state index contributed by atoms with van der Waals surface area (Å²) >= 11 is 11.6. The molecule has 28 heavy (non-hydrogen) atoms. The Kier molecular flexibility index (Phi) is 7.79. The van der Waals surface area contributed by atoms with E-state index in [-0.39, 0.29) is 11.6 Å². The zero-order valence-electron chi connectivity index (χ0n) is 14.6. The third-order valence-corrected chi connectivity index (χ3v) is 3.97. The monoisotopic (exact) mass is 423 g/mol. The molecule has 2 aromatic rings. The van der Waals surface area contributed by atoms with Gasteiger partial charge in [0.25, 0.3) is 0 Å². The topological polar surface area (TPSA) is 106 Å². The predicted molar refractivity (Wildman–Crippen MR) is 105 cm³/mol. The Hall–Kier alpha value is -3.10. The van der Waals surface area contributed by atoms with Gasteiger partial charge in [0.15, 0.2) is 6.61 Å². The summed E-state index contributed by atoms with van der Waals surface area (Å²) in [7, 11) is 1.27. The summed E-state index contributed by atoms with van der Waals surface area (Å²) < 4.78 is 9.67. The molecule has 0 saturated heterocycles. The second kappa shape index (κ2) is 10.3. The maximum atomic E-state index is 11.8. The number of hydrogen-bond donors (Lipinski definition) is 2. The summed E-state index contributed by atoms with van der Waals surface area (Å²) in [6.07, 6.45) is 1.34. The zero-order valence-corrected chi connectivity index (χ0v) is 16.1. The molecule has 146 valence electrons. The number of halogens is 2. The van der Waals surface area contributed by atoms with Crippen molar-refractivity contribution in [1.29, 1.82) is 0 Å². The first kappa shape index (κ1) is 21.2. The molecular formula is C18H15Cl2N3O5. The molecule has 0 bridgehead atoms. The maximum absolute atomic E-state index is 11.8. The van der Waals surface area contributed by atoms with Crippen LogP contribution in [0.5, 0.6) is 5.75 Å². The van der Waals surface area contributed by atoms with Crippen molar-refractivity contribution in [1.82, 2.24) is 5.43 Å². The largest absolute Gasteiger partial charge is 0.482 e. The van der Waals surface area contributed by atoms with Crippen molar-refractivity contribution in [2.45, 2.75) is 0 Å². The lowest BCUT2D eigenvalue weighted by Crippen LogP contribution is -2.32. The molecule has 0 unspecified atom stereocenters. The van der Waals surface area contributed by atoms with E-state index in [4.69, 9.17) is 27.9 Å². The van der Waals surface area contributed by atoms with Crippen molar-refractivity contribution in [2.24, 2.45) is 5.10 Å². The molecule has 0 atom stereocenters. The first-order chi connectivity index (χ1) is 13.4. The third-order valence-electron chi connectivity index (χ3n) is 3.23. The molecule has 0 aliphatic rings. The second-order valence-corrected chi connectivity index (χ2v) is 6.03. The number of carbonyl (C=O) groups excluding carboxylic acids is 3. The molecular weight excluding hydrogens is 409 g/mol. The van der Waals surface area contributed by atoms with Crippen LogP contribution in [-0.2, 0) is 19.1 Å². The van der Waals surface area contributed by atoms with E-state index in [9.17, 15) is 14.4 Å². The van der Waals surface area contributed by atoms with Crippen molar-refractivity contribution in [3.05, 3.63) is 58.1 Å². The number of hydrazone groups is 1. The average molecular weight is 424 g/mol. The average Bonchev–Trinajstić information content (AvgIpc) is 2.69. The lowest BCUT2D eigenvalue weighted by atomic mass is 10.2. The molecule has 0 aromatic heterocycles. The molecule has 0 aliphatic carbocycles. The second-order valence-electron chi connectivity index (χ2n) is 5.22. The van der Waals surface area contributed by atoms with Crippen LogP contribution >= 0.6 is 23.2 Å². The fraction of sp³-hybridized carbons (Fsp3) is 0.111. The van der Waals surface area contributed by atoms with Gasteiger partial charge >= 0.3 is 17.8 Å². The van der Waals surface area contributed by atoms with Crippen molar-refractivity contribution in [3.63, 3.8) is 0 Å². The van der Waals surface area contributed by atoms with Crippen molar-refractivity contribution in [2.75, 3.05) is 19.0 Å². The number of ether oxygens (including phenoxy) is 2. The number of nitrogens with zero attached hydrogens (tertiary/aromatic N) is 1. The van der Waals surface area contributed by atoms with E-state index < -0.39 is 17.8 Å². The summed E-state index contributed by atoms with van der Waals surface area (Å²) in [5.74, 6) is -1.90. The fourth-order valence-corrected chi connectivity index (χ4v) is 2.13. The number of nitrogens with one attached hydrogen (secondary N) is 2. The molecule has 0 heterocycles. The lowest BCUT2D eigenvalue weighted by molar-refractivity contribution is -0.142. The highest BCUT2D eigenvalue weighted by atomic mass is 35.5. The van der Waals surface area contributed by atoms with Crippen molar-refractivity contribution >= 4 is 52.9 Å². The van der Waals surface area contributed by atoms with E-state index in [1.54, 1.807) is 24.3 Å². The molecule has 10 heteroatoms. The Morgan fingerprint density at radius 2 is 1.75 bits per heavy atom. The maximum Gasteiger partial charge on any atom is 0.343 e. The van der Waals surface area contributed by atoms with Gasteiger partial charge in [0.2, 0.25) is 0 Å². The summed E-state index contributed by atoms with van der Waals surface area (Å²) in [4.78, 5) is 34.6. The van der Waals surface area contributed by atoms with Gasteiger partial charge in [-0.05, 0) is 48.0 Å². The third kappa shape index (κ3) is 6.57. The number of esters is 1. The van der Waals surface area contributed by atoms with Gasteiger partial charge < -0.3 is 14.8 Å². The Labute approximate surface area is 170 Å². The van der Waals surface area contributed by atoms with Crippen LogP contribution < -0.4 is 15.5 Å². The van der Waals surface area contributed by atoms with E-state index in [1.165, 1.54) is 31.5 Å². The van der Waals surface area contributed by atoms with Gasteiger partial charge in [0.05, 0.1) is 23.4 Å². The lowest BCUT2D eigenvalue weighted by Gasteiger charge is -2.05. The molecule has 0 fully saturated rings. The number of amides is 2. The van der Waals surface area contributed by atoms with Gasteiger partial charge in [-0.3, -0.25) is 9.59 Å². The van der Waals surface area contributed by atoms with Gasteiger partial charge in [-0.2, -0.15) is 5.10 Å².